The lowest BCUT2D eigenvalue weighted by Gasteiger charge is -2.07. The zero-order valence-electron chi connectivity index (χ0n) is 12.6. The van der Waals surface area contributed by atoms with Gasteiger partial charge in [0.25, 0.3) is 5.91 Å². The zero-order chi connectivity index (χ0) is 17.5. The minimum Gasteiger partial charge on any atom is -0.496 e. The van der Waals surface area contributed by atoms with Gasteiger partial charge in [-0.05, 0) is 52.3 Å². The van der Waals surface area contributed by atoms with Crippen molar-refractivity contribution in [3.05, 3.63) is 55.9 Å². The van der Waals surface area contributed by atoms with Gasteiger partial charge in [0, 0.05) is 15.1 Å². The van der Waals surface area contributed by atoms with Gasteiger partial charge in [0.15, 0.2) is 6.61 Å². The van der Waals surface area contributed by atoms with Gasteiger partial charge in [-0.3, -0.25) is 4.79 Å². The van der Waals surface area contributed by atoms with Crippen LogP contribution < -0.4 is 14.9 Å². The molecule has 0 aliphatic rings. The van der Waals surface area contributed by atoms with Gasteiger partial charge >= 0.3 is 0 Å². The second-order valence-electron chi connectivity index (χ2n) is 4.54. The van der Waals surface area contributed by atoms with Gasteiger partial charge < -0.3 is 9.47 Å². The van der Waals surface area contributed by atoms with E-state index in [-0.39, 0.29) is 12.5 Å². The number of amides is 1. The molecule has 0 radical (unpaired) electrons. The van der Waals surface area contributed by atoms with Gasteiger partial charge in [-0.25, -0.2) is 5.43 Å². The number of carbonyl (C=O) groups is 1. The normalized spacial score (nSPS) is 10.7. The van der Waals surface area contributed by atoms with E-state index in [2.05, 4.69) is 42.4 Å². The van der Waals surface area contributed by atoms with Crippen molar-refractivity contribution in [2.45, 2.75) is 0 Å². The summed E-state index contributed by atoms with van der Waals surface area (Å²) in [6, 6.07) is 10.5. The Kier molecular flexibility index (Phi) is 7.08. The van der Waals surface area contributed by atoms with E-state index in [0.29, 0.717) is 21.0 Å². The lowest BCUT2D eigenvalue weighted by Crippen LogP contribution is -2.24. The Balaban J connectivity index is 1.90. The van der Waals surface area contributed by atoms with Gasteiger partial charge in [-0.15, -0.1) is 0 Å². The predicted molar refractivity (Wildman–Crippen MR) is 101 cm³/mol. The Labute approximate surface area is 161 Å². The molecule has 2 rings (SSSR count). The Morgan fingerprint density at radius 1 is 1.25 bits per heavy atom. The topological polar surface area (TPSA) is 59.9 Å². The number of methoxy groups -OCH3 is 1. The Morgan fingerprint density at radius 2 is 2.00 bits per heavy atom. The highest BCUT2D eigenvalue weighted by atomic mass is 79.9. The van der Waals surface area contributed by atoms with Crippen LogP contribution in [0.1, 0.15) is 5.56 Å². The van der Waals surface area contributed by atoms with Crippen LogP contribution in [0.5, 0.6) is 11.5 Å². The number of nitrogens with zero attached hydrogens (tertiary/aromatic N) is 1. The average molecular weight is 477 g/mol. The molecule has 1 amide bonds. The van der Waals surface area contributed by atoms with Crippen LogP contribution >= 0.6 is 43.5 Å². The van der Waals surface area contributed by atoms with Crippen LogP contribution in [-0.2, 0) is 4.79 Å². The van der Waals surface area contributed by atoms with Crippen molar-refractivity contribution < 1.29 is 14.3 Å². The van der Waals surface area contributed by atoms with Gasteiger partial charge in [0.1, 0.15) is 11.5 Å². The van der Waals surface area contributed by atoms with E-state index in [1.807, 2.05) is 12.1 Å². The molecular formula is C16H13Br2ClN2O3. The summed E-state index contributed by atoms with van der Waals surface area (Å²) in [5, 5.41) is 4.48. The number of ether oxygens (including phenoxy) is 2. The highest BCUT2D eigenvalue weighted by Crippen LogP contribution is 2.27. The number of nitrogens with one attached hydrogen (secondary N) is 1. The van der Waals surface area contributed by atoms with E-state index in [9.17, 15) is 4.79 Å². The van der Waals surface area contributed by atoms with Crippen molar-refractivity contribution in [1.82, 2.24) is 5.43 Å². The third-order valence-electron chi connectivity index (χ3n) is 2.84. The lowest BCUT2D eigenvalue weighted by atomic mass is 10.2. The van der Waals surface area contributed by atoms with E-state index in [0.717, 1.165) is 10.0 Å². The first-order valence-electron chi connectivity index (χ1n) is 6.73. The zero-order valence-corrected chi connectivity index (χ0v) is 16.5. The molecule has 2 aromatic carbocycles. The fourth-order valence-electron chi connectivity index (χ4n) is 1.75. The maximum absolute atomic E-state index is 11.8. The van der Waals surface area contributed by atoms with Crippen LogP contribution in [0.15, 0.2) is 50.4 Å². The maximum Gasteiger partial charge on any atom is 0.277 e. The first-order chi connectivity index (χ1) is 11.5. The van der Waals surface area contributed by atoms with E-state index in [1.165, 1.54) is 6.21 Å². The van der Waals surface area contributed by atoms with Crippen LogP contribution in [-0.4, -0.2) is 25.8 Å². The van der Waals surface area contributed by atoms with Crippen LogP contribution in [0.3, 0.4) is 0 Å². The van der Waals surface area contributed by atoms with Crippen LogP contribution in [0.2, 0.25) is 5.02 Å². The molecule has 0 bridgehead atoms. The number of carbonyl (C=O) groups excluding carboxylic acids is 1. The first-order valence-corrected chi connectivity index (χ1v) is 8.69. The summed E-state index contributed by atoms with van der Waals surface area (Å²) in [6.07, 6.45) is 1.50. The molecule has 0 spiro atoms. The molecule has 0 atom stereocenters. The molecular weight excluding hydrogens is 463 g/mol. The molecule has 0 aliphatic carbocycles. The van der Waals surface area contributed by atoms with Crippen LogP contribution in [0.4, 0.5) is 0 Å². The molecule has 8 heteroatoms. The smallest absolute Gasteiger partial charge is 0.277 e. The second kappa shape index (κ2) is 9.05. The number of hydrogen-bond acceptors (Lipinski definition) is 4. The summed E-state index contributed by atoms with van der Waals surface area (Å²) >= 11 is 12.5. The summed E-state index contributed by atoms with van der Waals surface area (Å²) in [7, 11) is 1.57. The van der Waals surface area contributed by atoms with Crippen molar-refractivity contribution in [3.63, 3.8) is 0 Å². The second-order valence-corrected chi connectivity index (χ2v) is 6.75. The number of hydrogen-bond donors (Lipinski definition) is 1. The average Bonchev–Trinajstić information content (AvgIpc) is 2.54. The molecule has 0 aromatic heterocycles. The van der Waals surface area contributed by atoms with Gasteiger partial charge in [-0.1, -0.05) is 27.5 Å². The monoisotopic (exact) mass is 474 g/mol. The van der Waals surface area contributed by atoms with Crippen LogP contribution in [0.25, 0.3) is 0 Å². The molecule has 126 valence electrons. The Morgan fingerprint density at radius 3 is 2.71 bits per heavy atom. The molecule has 0 saturated carbocycles. The maximum atomic E-state index is 11.8. The van der Waals surface area contributed by atoms with Crippen molar-refractivity contribution in [2.24, 2.45) is 5.10 Å². The van der Waals surface area contributed by atoms with Crippen LogP contribution in [0, 0.1) is 0 Å². The fourth-order valence-corrected chi connectivity index (χ4v) is 2.92. The number of rotatable bonds is 6. The molecule has 0 heterocycles. The molecule has 0 saturated heterocycles. The SMILES string of the molecule is COc1ccc(Br)cc1C=NNC(=O)COc1ccc(Cl)cc1Br. The molecule has 0 aliphatic heterocycles. The minimum atomic E-state index is -0.387. The fraction of sp³-hybridized carbons (Fsp3) is 0.125. The number of benzene rings is 2. The third kappa shape index (κ3) is 5.51. The largest absolute Gasteiger partial charge is 0.496 e. The van der Waals surface area contributed by atoms with Crippen molar-refractivity contribution in [1.29, 1.82) is 0 Å². The standard InChI is InChI=1S/C16H13Br2ClN2O3/c1-23-14-4-2-11(17)6-10(14)8-20-21-16(22)9-24-15-5-3-12(19)7-13(15)18/h2-8H,9H2,1H3,(H,21,22). The van der Waals surface area contributed by atoms with E-state index < -0.39 is 0 Å². The molecule has 1 N–H and O–H groups in total. The summed E-state index contributed by atoms with van der Waals surface area (Å²) in [5.41, 5.74) is 3.13. The number of halogens is 3. The Bertz CT molecular complexity index is 769. The van der Waals surface area contributed by atoms with E-state index in [4.69, 9.17) is 21.1 Å². The summed E-state index contributed by atoms with van der Waals surface area (Å²) in [6.45, 7) is -0.173. The van der Waals surface area contributed by atoms with Crippen molar-refractivity contribution >= 4 is 55.6 Å². The molecule has 24 heavy (non-hydrogen) atoms. The first kappa shape index (κ1) is 18.8. The van der Waals surface area contributed by atoms with Gasteiger partial charge in [-0.2, -0.15) is 5.10 Å². The Hall–Kier alpha value is -1.57. The lowest BCUT2D eigenvalue weighted by molar-refractivity contribution is -0.123. The predicted octanol–water partition coefficient (Wildman–Crippen LogP) is 4.40. The molecule has 0 fully saturated rings. The molecule has 0 unspecified atom stereocenters. The highest BCUT2D eigenvalue weighted by molar-refractivity contribution is 9.10. The molecule has 5 nitrogen and oxygen atoms in total. The quantitative estimate of drug-likeness (QED) is 0.497. The van der Waals surface area contributed by atoms with Crippen molar-refractivity contribution in [3.8, 4) is 11.5 Å². The summed E-state index contributed by atoms with van der Waals surface area (Å²) in [4.78, 5) is 11.8. The third-order valence-corrected chi connectivity index (χ3v) is 4.19. The summed E-state index contributed by atoms with van der Waals surface area (Å²) in [5.74, 6) is 0.784. The highest BCUT2D eigenvalue weighted by Gasteiger charge is 2.06. The van der Waals surface area contributed by atoms with Gasteiger partial charge in [0.2, 0.25) is 0 Å². The molecule has 2 aromatic rings. The van der Waals surface area contributed by atoms with Gasteiger partial charge in [0.05, 0.1) is 17.8 Å². The number of hydrazone groups is 1. The van der Waals surface area contributed by atoms with E-state index >= 15 is 0 Å². The van der Waals surface area contributed by atoms with Crippen molar-refractivity contribution in [2.75, 3.05) is 13.7 Å². The summed E-state index contributed by atoms with van der Waals surface area (Å²) < 4.78 is 12.2. The minimum absolute atomic E-state index is 0.173. The van der Waals surface area contributed by atoms with E-state index in [1.54, 1.807) is 31.4 Å².